The van der Waals surface area contributed by atoms with Gasteiger partial charge in [0.2, 0.25) is 9.84 Å². The molecule has 2 heterocycles. The molecule has 1 aliphatic carbocycles. The molecule has 0 unspecified atom stereocenters. The van der Waals surface area contributed by atoms with Crippen LogP contribution in [0, 0.1) is 0 Å². The molecule has 0 saturated heterocycles. The van der Waals surface area contributed by atoms with E-state index in [4.69, 9.17) is 4.74 Å². The van der Waals surface area contributed by atoms with Crippen molar-refractivity contribution in [1.82, 2.24) is 14.8 Å². The molecule has 5 rings (SSSR count). The van der Waals surface area contributed by atoms with Gasteiger partial charge in [-0.1, -0.05) is 46.3 Å². The molecule has 2 aromatic carbocycles. The van der Waals surface area contributed by atoms with E-state index in [1.54, 1.807) is 29.8 Å². The van der Waals surface area contributed by atoms with Crippen LogP contribution >= 0.6 is 15.9 Å². The van der Waals surface area contributed by atoms with Crippen molar-refractivity contribution in [2.24, 2.45) is 0 Å². The molecule has 184 valence electrons. The number of fused-ring (bicyclic) bond motifs is 3. The van der Waals surface area contributed by atoms with E-state index < -0.39 is 21.4 Å². The molecule has 1 N–H and O–H groups in total. The highest BCUT2D eigenvalue weighted by Gasteiger charge is 2.32. The maximum absolute atomic E-state index is 13.1. The average molecular weight is 568 g/mol. The molecule has 0 fully saturated rings. The van der Waals surface area contributed by atoms with Gasteiger partial charge in [-0.3, -0.25) is 9.48 Å². The van der Waals surface area contributed by atoms with Crippen molar-refractivity contribution in [1.29, 1.82) is 0 Å². The van der Waals surface area contributed by atoms with Crippen molar-refractivity contribution in [2.75, 3.05) is 6.61 Å². The second-order valence-corrected chi connectivity index (χ2v) is 11.2. The Hall–Kier alpha value is -3.50. The van der Waals surface area contributed by atoms with Crippen molar-refractivity contribution >= 4 is 31.7 Å². The fraction of sp³-hybridized carbons (Fsp3) is 0.192. The van der Waals surface area contributed by atoms with E-state index in [0.717, 1.165) is 10.0 Å². The lowest BCUT2D eigenvalue weighted by atomic mass is 9.92. The molecule has 0 amide bonds. The number of sulfone groups is 1. The normalized spacial score (nSPS) is 12.6. The van der Waals surface area contributed by atoms with Gasteiger partial charge in [0.1, 0.15) is 10.6 Å². The maximum Gasteiger partial charge on any atom is 0.356 e. The largest absolute Gasteiger partial charge is 0.461 e. The number of nitrogens with one attached hydrogen (secondary N) is 1. The molecule has 36 heavy (non-hydrogen) atoms. The standard InChI is InChI=1S/C26H22BrN3O5S/c1-2-35-26(32)24-20-13-10-17-14-21(36(33,34)19-6-4-3-5-7-19)25(31)28-22(17)23(20)29-30(24)15-16-8-11-18(27)12-9-16/h3-9,11-12,14H,2,10,13,15H2,1H3,(H,28,31). The number of rotatable bonds is 6. The van der Waals surface area contributed by atoms with Gasteiger partial charge in [0, 0.05) is 10.0 Å². The van der Waals surface area contributed by atoms with Crippen LogP contribution in [0.2, 0.25) is 0 Å². The average Bonchev–Trinajstić information content (AvgIpc) is 3.24. The molecule has 10 heteroatoms. The van der Waals surface area contributed by atoms with Crippen LogP contribution in [0.1, 0.15) is 34.1 Å². The fourth-order valence-corrected chi connectivity index (χ4v) is 6.01. The Labute approximate surface area is 216 Å². The lowest BCUT2D eigenvalue weighted by Gasteiger charge is -2.16. The Morgan fingerprint density at radius 3 is 2.53 bits per heavy atom. The van der Waals surface area contributed by atoms with Crippen LogP contribution < -0.4 is 5.56 Å². The Balaban J connectivity index is 1.63. The Kier molecular flexibility index (Phi) is 6.40. The first-order chi connectivity index (χ1) is 17.3. The van der Waals surface area contributed by atoms with Gasteiger partial charge in [-0.15, -0.1) is 0 Å². The Morgan fingerprint density at radius 1 is 1.11 bits per heavy atom. The summed E-state index contributed by atoms with van der Waals surface area (Å²) in [6.07, 6.45) is 0.889. The Morgan fingerprint density at radius 2 is 1.83 bits per heavy atom. The number of H-pyrrole nitrogens is 1. The number of ether oxygens (including phenoxy) is 1. The number of carbonyl (C=O) groups excluding carboxylic acids is 1. The van der Waals surface area contributed by atoms with E-state index in [0.29, 0.717) is 47.6 Å². The van der Waals surface area contributed by atoms with Crippen molar-refractivity contribution in [3.8, 4) is 11.4 Å². The van der Waals surface area contributed by atoms with Gasteiger partial charge in [-0.05, 0) is 61.2 Å². The predicted molar refractivity (Wildman–Crippen MR) is 137 cm³/mol. The highest BCUT2D eigenvalue weighted by Crippen LogP contribution is 2.34. The molecule has 2 aromatic heterocycles. The SMILES string of the molecule is CCOC(=O)c1c2c(nn1Cc1ccc(Br)cc1)-c1[nH]c(=O)c(S(=O)(=O)c3ccccc3)cc1CC2. The van der Waals surface area contributed by atoms with Gasteiger partial charge >= 0.3 is 5.97 Å². The van der Waals surface area contributed by atoms with E-state index >= 15 is 0 Å². The number of aromatic nitrogens is 3. The first kappa shape index (κ1) is 24.2. The van der Waals surface area contributed by atoms with Crippen LogP contribution in [0.3, 0.4) is 0 Å². The monoisotopic (exact) mass is 567 g/mol. The van der Waals surface area contributed by atoms with Crippen LogP contribution in [0.4, 0.5) is 0 Å². The number of hydrogen-bond acceptors (Lipinski definition) is 6. The quantitative estimate of drug-likeness (QED) is 0.350. The zero-order chi connectivity index (χ0) is 25.4. The summed E-state index contributed by atoms with van der Waals surface area (Å²) in [5.41, 5.74) is 2.74. The minimum Gasteiger partial charge on any atom is -0.461 e. The van der Waals surface area contributed by atoms with E-state index in [1.807, 2.05) is 24.3 Å². The molecule has 0 saturated carbocycles. The first-order valence-electron chi connectivity index (χ1n) is 11.4. The summed E-state index contributed by atoms with van der Waals surface area (Å²) in [4.78, 5) is 28.4. The Bertz CT molecular complexity index is 1620. The van der Waals surface area contributed by atoms with E-state index in [2.05, 4.69) is 26.0 Å². The summed E-state index contributed by atoms with van der Waals surface area (Å²) in [5.74, 6) is -0.488. The number of benzene rings is 2. The van der Waals surface area contributed by atoms with Gasteiger partial charge in [-0.25, -0.2) is 13.2 Å². The minimum absolute atomic E-state index is 0.0512. The molecule has 4 aromatic rings. The number of carbonyl (C=O) groups is 1. The van der Waals surface area contributed by atoms with E-state index in [9.17, 15) is 18.0 Å². The van der Waals surface area contributed by atoms with Crippen LogP contribution in [0.15, 0.2) is 79.7 Å². The zero-order valence-electron chi connectivity index (χ0n) is 19.3. The second kappa shape index (κ2) is 9.51. The van der Waals surface area contributed by atoms with Crippen molar-refractivity contribution in [3.63, 3.8) is 0 Å². The van der Waals surface area contributed by atoms with E-state index in [-0.39, 0.29) is 16.4 Å². The third kappa shape index (κ3) is 4.31. The fourth-order valence-electron chi connectivity index (χ4n) is 4.39. The number of halogens is 1. The maximum atomic E-state index is 13.1. The van der Waals surface area contributed by atoms with E-state index in [1.165, 1.54) is 18.2 Å². The van der Waals surface area contributed by atoms with Crippen LogP contribution in [0.5, 0.6) is 0 Å². The molecule has 1 aliphatic rings. The summed E-state index contributed by atoms with van der Waals surface area (Å²) < 4.78 is 34.1. The summed E-state index contributed by atoms with van der Waals surface area (Å²) >= 11 is 3.42. The van der Waals surface area contributed by atoms with Crippen LogP contribution in [-0.2, 0) is 34.0 Å². The molecule has 0 radical (unpaired) electrons. The zero-order valence-corrected chi connectivity index (χ0v) is 21.7. The number of hydrogen-bond donors (Lipinski definition) is 1. The molecule has 0 atom stereocenters. The van der Waals surface area contributed by atoms with Crippen molar-refractivity contribution in [2.45, 2.75) is 36.1 Å². The molecule has 0 aliphatic heterocycles. The summed E-state index contributed by atoms with van der Waals surface area (Å²) in [7, 11) is -4.00. The summed E-state index contributed by atoms with van der Waals surface area (Å²) in [5, 5.41) is 4.69. The highest BCUT2D eigenvalue weighted by atomic mass is 79.9. The highest BCUT2D eigenvalue weighted by molar-refractivity contribution is 9.10. The van der Waals surface area contributed by atoms with Gasteiger partial charge in [0.05, 0.1) is 23.7 Å². The van der Waals surface area contributed by atoms with Gasteiger partial charge in [-0.2, -0.15) is 5.10 Å². The van der Waals surface area contributed by atoms with Crippen molar-refractivity contribution in [3.05, 3.63) is 97.9 Å². The molecule has 0 bridgehead atoms. The van der Waals surface area contributed by atoms with Gasteiger partial charge in [0.25, 0.3) is 5.56 Å². The number of pyridine rings is 1. The predicted octanol–water partition coefficient (Wildman–Crippen LogP) is 4.16. The molecular weight excluding hydrogens is 546 g/mol. The molecule has 8 nitrogen and oxygen atoms in total. The van der Waals surface area contributed by atoms with Gasteiger partial charge in [0.15, 0.2) is 5.69 Å². The number of aryl methyl sites for hydroxylation is 1. The van der Waals surface area contributed by atoms with Crippen LogP contribution in [0.25, 0.3) is 11.4 Å². The first-order valence-corrected chi connectivity index (χ1v) is 13.6. The molecular formula is C26H22BrN3O5S. The topological polar surface area (TPSA) is 111 Å². The lowest BCUT2D eigenvalue weighted by Crippen LogP contribution is -2.21. The summed E-state index contributed by atoms with van der Waals surface area (Å²) in [6, 6.07) is 17.0. The summed E-state index contributed by atoms with van der Waals surface area (Å²) in [6.45, 7) is 2.28. The second-order valence-electron chi connectivity index (χ2n) is 8.36. The van der Waals surface area contributed by atoms with Crippen LogP contribution in [-0.4, -0.2) is 35.8 Å². The molecule has 0 spiro atoms. The number of aromatic amines is 1. The number of nitrogens with zero attached hydrogens (tertiary/aromatic N) is 2. The number of esters is 1. The third-order valence-corrected chi connectivity index (χ3v) is 8.38. The lowest BCUT2D eigenvalue weighted by molar-refractivity contribution is 0.0511. The third-order valence-electron chi connectivity index (χ3n) is 6.08. The smallest absolute Gasteiger partial charge is 0.356 e. The van der Waals surface area contributed by atoms with Crippen molar-refractivity contribution < 1.29 is 17.9 Å². The minimum atomic E-state index is -4.00. The van der Waals surface area contributed by atoms with Gasteiger partial charge < -0.3 is 9.72 Å².